The first-order chi connectivity index (χ1) is 30.3. The maximum atomic E-state index is 9.70. The lowest BCUT2D eigenvalue weighted by Gasteiger charge is -2.31. The second-order valence-electron chi connectivity index (χ2n) is 18.7. The van der Waals surface area contributed by atoms with E-state index in [1.807, 2.05) is 12.1 Å². The molecule has 0 saturated heterocycles. The topological polar surface area (TPSA) is 54.1 Å². The SMILES string of the molecule is Cc1ccc(N(c2ccc(CC#N)cc2)c2ccc3c(c2)C(C)(C)c2cc4c(cc2-3)C(C)(C)c2cc(N(c3ccc(C#N)cc3)c3ccc(C)cc3C)c3ccccc3c2-4)c(C)c1. The molecule has 10 rings (SSSR count). The van der Waals surface area contributed by atoms with Crippen molar-refractivity contribution in [3.63, 3.8) is 0 Å². The lowest BCUT2D eigenvalue weighted by molar-refractivity contribution is 0.652. The predicted molar refractivity (Wildman–Crippen MR) is 261 cm³/mol. The molecule has 0 fully saturated rings. The third-order valence-corrected chi connectivity index (χ3v) is 13.9. The highest BCUT2D eigenvalue weighted by molar-refractivity contribution is 6.10. The number of hydrogen-bond acceptors (Lipinski definition) is 4. The lowest BCUT2D eigenvalue weighted by atomic mass is 9.79. The number of hydrogen-bond donors (Lipinski definition) is 0. The molecule has 2 aliphatic rings. The molecule has 0 bridgehead atoms. The van der Waals surface area contributed by atoms with Crippen molar-refractivity contribution in [1.29, 1.82) is 10.5 Å². The molecule has 0 atom stereocenters. The minimum absolute atomic E-state index is 0.266. The largest absolute Gasteiger partial charge is 0.310 e. The molecule has 0 aromatic heterocycles. The molecule has 0 radical (unpaired) electrons. The van der Waals surface area contributed by atoms with Crippen molar-refractivity contribution >= 4 is 44.9 Å². The van der Waals surface area contributed by atoms with Gasteiger partial charge in [0.2, 0.25) is 0 Å². The number of fused-ring (bicyclic) bond motifs is 8. The van der Waals surface area contributed by atoms with E-state index in [1.54, 1.807) is 0 Å². The molecule has 0 saturated carbocycles. The summed E-state index contributed by atoms with van der Waals surface area (Å²) in [6.07, 6.45) is 0.390. The Hall–Kier alpha value is -7.40. The van der Waals surface area contributed by atoms with E-state index in [4.69, 9.17) is 0 Å². The van der Waals surface area contributed by atoms with Crippen LogP contribution in [0.2, 0.25) is 0 Å². The summed E-state index contributed by atoms with van der Waals surface area (Å²) in [5.74, 6) is 0. The van der Waals surface area contributed by atoms with Gasteiger partial charge in [0.15, 0.2) is 0 Å². The molecule has 0 N–H and O–H groups in total. The first-order valence-electron chi connectivity index (χ1n) is 21.9. The van der Waals surface area contributed by atoms with Gasteiger partial charge in [0, 0.05) is 44.7 Å². The second kappa shape index (κ2) is 14.6. The van der Waals surface area contributed by atoms with Gasteiger partial charge in [-0.25, -0.2) is 0 Å². The first kappa shape index (κ1) is 39.7. The van der Waals surface area contributed by atoms with Gasteiger partial charge in [-0.15, -0.1) is 0 Å². The maximum absolute atomic E-state index is 9.70. The number of nitrogens with zero attached hydrogens (tertiary/aromatic N) is 4. The standard InChI is InChI=1S/C59H50N4/c1-36-13-25-54(38(3)29-36)62(42-19-15-40(16-20-42)27-28-60)44-23-24-45-48-32-52-49(33-51(48)58(5,6)50(45)31-44)57-47-12-10-9-11-46(47)56(34-53(57)59(52,7)8)63(43-21-17-41(35-61)18-22-43)55-26-14-37(2)30-39(55)4/h9-26,29-34H,27H2,1-8H3. The van der Waals surface area contributed by atoms with Crippen LogP contribution in [-0.2, 0) is 17.3 Å². The summed E-state index contributed by atoms with van der Waals surface area (Å²) in [4.78, 5) is 4.75. The van der Waals surface area contributed by atoms with Crippen molar-refractivity contribution in [2.45, 2.75) is 72.6 Å². The monoisotopic (exact) mass is 814 g/mol. The van der Waals surface area contributed by atoms with Gasteiger partial charge < -0.3 is 9.80 Å². The van der Waals surface area contributed by atoms with E-state index in [0.717, 1.165) is 39.7 Å². The van der Waals surface area contributed by atoms with Gasteiger partial charge in [0.25, 0.3) is 0 Å². The highest BCUT2D eigenvalue weighted by Crippen LogP contribution is 2.59. The number of aryl methyl sites for hydroxylation is 4. The average molecular weight is 815 g/mol. The Morgan fingerprint density at radius 2 is 1.00 bits per heavy atom. The van der Waals surface area contributed by atoms with Crippen LogP contribution in [0.3, 0.4) is 0 Å². The minimum atomic E-state index is -0.290. The fraction of sp³-hybridized carbons (Fsp3) is 0.186. The van der Waals surface area contributed by atoms with Crippen molar-refractivity contribution in [2.24, 2.45) is 0 Å². The Balaban J connectivity index is 1.13. The molecular formula is C59H50N4. The zero-order valence-corrected chi connectivity index (χ0v) is 37.4. The molecule has 0 aliphatic heterocycles. The quantitative estimate of drug-likeness (QED) is 0.161. The van der Waals surface area contributed by atoms with E-state index in [-0.39, 0.29) is 10.8 Å². The highest BCUT2D eigenvalue weighted by atomic mass is 15.2. The van der Waals surface area contributed by atoms with Crippen LogP contribution in [0.25, 0.3) is 33.0 Å². The molecule has 0 spiro atoms. The van der Waals surface area contributed by atoms with Crippen LogP contribution in [0, 0.1) is 50.4 Å². The summed E-state index contributed by atoms with van der Waals surface area (Å²) in [7, 11) is 0. The molecule has 63 heavy (non-hydrogen) atoms. The smallest absolute Gasteiger partial charge is 0.0991 e. The van der Waals surface area contributed by atoms with Crippen LogP contribution in [0.15, 0.2) is 146 Å². The lowest BCUT2D eigenvalue weighted by Crippen LogP contribution is -2.18. The van der Waals surface area contributed by atoms with E-state index in [1.165, 1.54) is 77.5 Å². The molecule has 8 aromatic carbocycles. The third kappa shape index (κ3) is 6.24. The molecule has 2 aliphatic carbocycles. The Bertz CT molecular complexity index is 3260. The third-order valence-electron chi connectivity index (χ3n) is 13.9. The van der Waals surface area contributed by atoms with Gasteiger partial charge >= 0.3 is 0 Å². The van der Waals surface area contributed by atoms with Crippen LogP contribution >= 0.6 is 0 Å². The summed E-state index contributed by atoms with van der Waals surface area (Å²) in [6, 6.07) is 57.8. The number of nitriles is 2. The second-order valence-corrected chi connectivity index (χ2v) is 18.7. The zero-order valence-electron chi connectivity index (χ0n) is 37.4. The van der Waals surface area contributed by atoms with Crippen molar-refractivity contribution in [3.05, 3.63) is 201 Å². The fourth-order valence-electron chi connectivity index (χ4n) is 10.6. The molecule has 8 aromatic rings. The number of rotatable bonds is 7. The van der Waals surface area contributed by atoms with Crippen molar-refractivity contribution in [2.75, 3.05) is 9.80 Å². The van der Waals surface area contributed by atoms with Gasteiger partial charge in [-0.3, -0.25) is 0 Å². The summed E-state index contributed by atoms with van der Waals surface area (Å²) < 4.78 is 0. The Morgan fingerprint density at radius 1 is 0.460 bits per heavy atom. The number of benzene rings is 8. The first-order valence-corrected chi connectivity index (χ1v) is 21.9. The van der Waals surface area contributed by atoms with E-state index < -0.39 is 0 Å². The number of anilines is 6. The van der Waals surface area contributed by atoms with E-state index in [2.05, 4.69) is 211 Å². The van der Waals surface area contributed by atoms with E-state index in [9.17, 15) is 10.5 Å². The van der Waals surface area contributed by atoms with Crippen molar-refractivity contribution < 1.29 is 0 Å². The summed E-state index contributed by atoms with van der Waals surface area (Å²) in [5.41, 5.74) is 23.1. The summed E-state index contributed by atoms with van der Waals surface area (Å²) in [6.45, 7) is 18.2. The molecule has 0 amide bonds. The normalized spacial score (nSPS) is 13.7. The average Bonchev–Trinajstić information content (AvgIpc) is 3.63. The van der Waals surface area contributed by atoms with Crippen molar-refractivity contribution in [3.8, 4) is 34.4 Å². The molecule has 4 heteroatoms. The Kier molecular flexibility index (Phi) is 9.21. The van der Waals surface area contributed by atoms with Crippen LogP contribution in [0.5, 0.6) is 0 Å². The van der Waals surface area contributed by atoms with Crippen LogP contribution < -0.4 is 9.80 Å². The van der Waals surface area contributed by atoms with Gasteiger partial charge in [-0.1, -0.05) is 106 Å². The maximum Gasteiger partial charge on any atom is 0.0991 e. The zero-order chi connectivity index (χ0) is 43.9. The van der Waals surface area contributed by atoms with Gasteiger partial charge in [-0.2, -0.15) is 10.5 Å². The van der Waals surface area contributed by atoms with Gasteiger partial charge in [0.1, 0.15) is 0 Å². The van der Waals surface area contributed by atoms with Crippen LogP contribution in [-0.4, -0.2) is 0 Å². The molecule has 0 unspecified atom stereocenters. The highest BCUT2D eigenvalue weighted by Gasteiger charge is 2.43. The predicted octanol–water partition coefficient (Wildman–Crippen LogP) is 15.6. The van der Waals surface area contributed by atoms with E-state index >= 15 is 0 Å². The minimum Gasteiger partial charge on any atom is -0.310 e. The fourth-order valence-corrected chi connectivity index (χ4v) is 10.6. The van der Waals surface area contributed by atoms with Gasteiger partial charge in [-0.05, 0) is 173 Å². The van der Waals surface area contributed by atoms with Crippen LogP contribution in [0.1, 0.15) is 83.3 Å². The van der Waals surface area contributed by atoms with E-state index in [0.29, 0.717) is 12.0 Å². The molecule has 4 nitrogen and oxygen atoms in total. The summed E-state index contributed by atoms with van der Waals surface area (Å²) >= 11 is 0. The Labute approximate surface area is 371 Å². The molecular weight excluding hydrogens is 765 g/mol. The Morgan fingerprint density at radius 3 is 1.63 bits per heavy atom. The molecule has 0 heterocycles. The summed E-state index contributed by atoms with van der Waals surface area (Å²) in [5, 5.41) is 21.5. The van der Waals surface area contributed by atoms with Crippen LogP contribution in [0.4, 0.5) is 34.1 Å². The van der Waals surface area contributed by atoms with Crippen molar-refractivity contribution in [1.82, 2.24) is 0 Å². The van der Waals surface area contributed by atoms with Gasteiger partial charge in [0.05, 0.1) is 29.8 Å². The molecule has 306 valence electrons.